The number of thiazole rings is 1. The van der Waals surface area contributed by atoms with Gasteiger partial charge in [-0.25, -0.2) is 4.98 Å². The number of piperidine rings is 1. The first-order valence-electron chi connectivity index (χ1n) is 6.21. The van der Waals surface area contributed by atoms with E-state index in [0.29, 0.717) is 5.13 Å². The van der Waals surface area contributed by atoms with E-state index in [1.165, 1.54) is 37.4 Å². The van der Waals surface area contributed by atoms with E-state index in [1.807, 2.05) is 6.20 Å². The Labute approximate surface area is 107 Å². The molecule has 0 radical (unpaired) electrons. The van der Waals surface area contributed by atoms with Gasteiger partial charge >= 0.3 is 0 Å². The Morgan fingerprint density at radius 1 is 1.47 bits per heavy atom. The number of anilines is 1. The van der Waals surface area contributed by atoms with Crippen molar-refractivity contribution < 1.29 is 0 Å². The summed E-state index contributed by atoms with van der Waals surface area (Å²) in [5.74, 6) is 0.868. The molecular weight excluding hydrogens is 232 g/mol. The van der Waals surface area contributed by atoms with Crippen LogP contribution in [0.15, 0.2) is 6.20 Å². The van der Waals surface area contributed by atoms with Crippen molar-refractivity contribution in [2.45, 2.75) is 19.4 Å². The number of nitrogens with two attached hydrogens (primary N) is 1. The van der Waals surface area contributed by atoms with Crippen molar-refractivity contribution in [2.75, 3.05) is 39.5 Å². The molecule has 1 saturated heterocycles. The maximum atomic E-state index is 5.64. The molecule has 2 N–H and O–H groups in total. The van der Waals surface area contributed by atoms with Crippen molar-refractivity contribution in [3.05, 3.63) is 11.1 Å². The van der Waals surface area contributed by atoms with Crippen LogP contribution in [0.3, 0.4) is 0 Å². The summed E-state index contributed by atoms with van der Waals surface area (Å²) in [6, 6.07) is 0. The lowest BCUT2D eigenvalue weighted by atomic mass is 9.96. The van der Waals surface area contributed by atoms with Crippen LogP contribution in [0, 0.1) is 5.92 Å². The summed E-state index contributed by atoms with van der Waals surface area (Å²) in [4.78, 5) is 10.2. The predicted octanol–water partition coefficient (Wildman–Crippen LogP) is 1.50. The highest BCUT2D eigenvalue weighted by Gasteiger charge is 2.20. The maximum absolute atomic E-state index is 5.64. The fraction of sp³-hybridized carbons (Fsp3) is 0.750. The summed E-state index contributed by atoms with van der Waals surface area (Å²) < 4.78 is 0. The van der Waals surface area contributed by atoms with Crippen molar-refractivity contribution in [3.63, 3.8) is 0 Å². The second-order valence-electron chi connectivity index (χ2n) is 5.15. The fourth-order valence-corrected chi connectivity index (χ4v) is 3.19. The van der Waals surface area contributed by atoms with E-state index in [9.17, 15) is 0 Å². The summed E-state index contributed by atoms with van der Waals surface area (Å²) in [6.07, 6.45) is 4.53. The minimum absolute atomic E-state index is 0.683. The molecule has 0 aliphatic carbocycles. The van der Waals surface area contributed by atoms with Crippen LogP contribution >= 0.6 is 11.3 Å². The number of aromatic nitrogens is 1. The van der Waals surface area contributed by atoms with Crippen molar-refractivity contribution in [2.24, 2.45) is 5.92 Å². The average Bonchev–Trinajstić information content (AvgIpc) is 2.66. The minimum Gasteiger partial charge on any atom is -0.375 e. The van der Waals surface area contributed by atoms with Crippen LogP contribution in [0.5, 0.6) is 0 Å². The van der Waals surface area contributed by atoms with E-state index in [4.69, 9.17) is 5.73 Å². The van der Waals surface area contributed by atoms with Gasteiger partial charge in [0.1, 0.15) is 0 Å². The first-order valence-corrected chi connectivity index (χ1v) is 7.02. The largest absolute Gasteiger partial charge is 0.375 e. The van der Waals surface area contributed by atoms with E-state index >= 15 is 0 Å². The van der Waals surface area contributed by atoms with Gasteiger partial charge in [-0.3, -0.25) is 4.90 Å². The normalized spacial score (nSPS) is 19.0. The lowest BCUT2D eigenvalue weighted by molar-refractivity contribution is 0.158. The monoisotopic (exact) mass is 254 g/mol. The number of nitrogens with zero attached hydrogens (tertiary/aromatic N) is 3. The summed E-state index contributed by atoms with van der Waals surface area (Å²) >= 11 is 1.61. The zero-order valence-electron chi connectivity index (χ0n) is 10.7. The molecule has 2 heterocycles. The van der Waals surface area contributed by atoms with Crippen LogP contribution < -0.4 is 5.73 Å². The molecule has 1 aliphatic heterocycles. The molecule has 5 heteroatoms. The Kier molecular flexibility index (Phi) is 4.36. The molecule has 1 aromatic rings. The molecule has 0 unspecified atom stereocenters. The van der Waals surface area contributed by atoms with Crippen LogP contribution in [0.25, 0.3) is 0 Å². The highest BCUT2D eigenvalue weighted by Crippen LogP contribution is 2.22. The third kappa shape index (κ3) is 3.94. The quantitative estimate of drug-likeness (QED) is 0.884. The molecule has 0 amide bonds. The Morgan fingerprint density at radius 2 is 2.18 bits per heavy atom. The smallest absolute Gasteiger partial charge is 0.180 e. The Morgan fingerprint density at radius 3 is 2.71 bits per heavy atom. The van der Waals surface area contributed by atoms with E-state index in [2.05, 4.69) is 28.9 Å². The number of hydrogen-bond donors (Lipinski definition) is 1. The average molecular weight is 254 g/mol. The van der Waals surface area contributed by atoms with Gasteiger partial charge in [0.2, 0.25) is 0 Å². The molecule has 4 nitrogen and oxygen atoms in total. The fourth-order valence-electron chi connectivity index (χ4n) is 2.46. The standard InChI is InChI=1S/C12H22N4S/c1-15(2)8-10-3-5-16(6-4-10)9-11-7-14-12(13)17-11/h7,10H,3-6,8-9H2,1-2H3,(H2,13,14). The van der Waals surface area contributed by atoms with Crippen LogP contribution in [-0.4, -0.2) is 48.5 Å². The van der Waals surface area contributed by atoms with Crippen molar-refractivity contribution >= 4 is 16.5 Å². The summed E-state index contributed by atoms with van der Waals surface area (Å²) in [5.41, 5.74) is 5.64. The van der Waals surface area contributed by atoms with Crippen LogP contribution in [0.4, 0.5) is 5.13 Å². The molecule has 2 rings (SSSR count). The van der Waals surface area contributed by atoms with Crippen LogP contribution in [-0.2, 0) is 6.54 Å². The third-order valence-corrected chi connectivity index (χ3v) is 4.09. The minimum atomic E-state index is 0.683. The van der Waals surface area contributed by atoms with Gasteiger partial charge in [-0.2, -0.15) is 0 Å². The van der Waals surface area contributed by atoms with Crippen molar-refractivity contribution in [3.8, 4) is 0 Å². The van der Waals surface area contributed by atoms with Crippen LogP contribution in [0.1, 0.15) is 17.7 Å². The van der Waals surface area contributed by atoms with E-state index in [1.54, 1.807) is 11.3 Å². The lowest BCUT2D eigenvalue weighted by Crippen LogP contribution is -2.36. The number of nitrogen functional groups attached to an aromatic ring is 1. The van der Waals surface area contributed by atoms with E-state index in [0.717, 1.165) is 12.5 Å². The molecule has 17 heavy (non-hydrogen) atoms. The van der Waals surface area contributed by atoms with Gasteiger partial charge in [0, 0.05) is 24.2 Å². The van der Waals surface area contributed by atoms with Gasteiger partial charge in [0.05, 0.1) is 0 Å². The molecule has 0 spiro atoms. The van der Waals surface area contributed by atoms with Gasteiger partial charge < -0.3 is 10.6 Å². The zero-order chi connectivity index (χ0) is 12.3. The Hall–Kier alpha value is -0.650. The molecule has 0 saturated carbocycles. The molecule has 1 aliphatic rings. The summed E-state index contributed by atoms with van der Waals surface area (Å²) in [6.45, 7) is 4.65. The van der Waals surface area contributed by atoms with E-state index < -0.39 is 0 Å². The predicted molar refractivity (Wildman–Crippen MR) is 73.1 cm³/mol. The second-order valence-corrected chi connectivity index (χ2v) is 6.29. The highest BCUT2D eigenvalue weighted by molar-refractivity contribution is 7.15. The van der Waals surface area contributed by atoms with Gasteiger partial charge in [0.25, 0.3) is 0 Å². The highest BCUT2D eigenvalue weighted by atomic mass is 32.1. The van der Waals surface area contributed by atoms with Crippen molar-refractivity contribution in [1.29, 1.82) is 0 Å². The number of hydrogen-bond acceptors (Lipinski definition) is 5. The lowest BCUT2D eigenvalue weighted by Gasteiger charge is -2.32. The van der Waals surface area contributed by atoms with Gasteiger partial charge in [-0.1, -0.05) is 0 Å². The van der Waals surface area contributed by atoms with Gasteiger partial charge in [0.15, 0.2) is 5.13 Å². The second kappa shape index (κ2) is 5.80. The molecule has 96 valence electrons. The van der Waals surface area contributed by atoms with Gasteiger partial charge in [-0.05, 0) is 45.9 Å². The molecule has 1 fully saturated rings. The molecular formula is C12H22N4S. The molecule has 0 atom stereocenters. The topological polar surface area (TPSA) is 45.4 Å². The van der Waals surface area contributed by atoms with Crippen LogP contribution in [0.2, 0.25) is 0 Å². The summed E-state index contributed by atoms with van der Waals surface area (Å²) in [7, 11) is 4.32. The summed E-state index contributed by atoms with van der Waals surface area (Å²) in [5, 5.41) is 0.683. The van der Waals surface area contributed by atoms with Gasteiger partial charge in [-0.15, -0.1) is 11.3 Å². The third-order valence-electron chi connectivity index (χ3n) is 3.28. The molecule has 0 bridgehead atoms. The molecule has 0 aromatic carbocycles. The maximum Gasteiger partial charge on any atom is 0.180 e. The van der Waals surface area contributed by atoms with E-state index in [-0.39, 0.29) is 0 Å². The number of likely N-dealkylation sites (tertiary alicyclic amines) is 1. The SMILES string of the molecule is CN(C)CC1CCN(Cc2cnc(N)s2)CC1. The Bertz CT molecular complexity index is 342. The first-order chi connectivity index (χ1) is 8.13. The zero-order valence-corrected chi connectivity index (χ0v) is 11.5. The Balaban J connectivity index is 1.75. The van der Waals surface area contributed by atoms with Crippen molar-refractivity contribution in [1.82, 2.24) is 14.8 Å². The number of rotatable bonds is 4. The molecule has 1 aromatic heterocycles. The first kappa shape index (κ1) is 12.8.